The van der Waals surface area contributed by atoms with Gasteiger partial charge in [0.25, 0.3) is 5.71 Å². The zero-order chi connectivity index (χ0) is 15.7. The molecule has 0 spiro atoms. The molecule has 0 aliphatic carbocycles. The molecule has 3 heterocycles. The summed E-state index contributed by atoms with van der Waals surface area (Å²) in [5.41, 5.74) is 4.97. The Labute approximate surface area is 128 Å². The Bertz CT molecular complexity index is 804. The number of rotatable bonds is 5. The zero-order valence-corrected chi connectivity index (χ0v) is 13.3. The highest BCUT2D eigenvalue weighted by molar-refractivity contribution is 5.87. The minimum Gasteiger partial charge on any atom is -0.367 e. The summed E-state index contributed by atoms with van der Waals surface area (Å²) in [6, 6.07) is 0. The fourth-order valence-corrected chi connectivity index (χ4v) is 2.80. The van der Waals surface area contributed by atoms with E-state index in [2.05, 4.69) is 46.3 Å². The zero-order valence-electron chi connectivity index (χ0n) is 13.3. The van der Waals surface area contributed by atoms with Crippen LogP contribution in [0, 0.1) is 20.8 Å². The molecule has 3 rings (SSSR count). The summed E-state index contributed by atoms with van der Waals surface area (Å²) < 4.78 is 7.19. The molecule has 0 aliphatic heterocycles. The van der Waals surface area contributed by atoms with Crippen molar-refractivity contribution in [3.05, 3.63) is 29.0 Å². The highest BCUT2D eigenvalue weighted by Gasteiger charge is 2.12. The Hall–Kier alpha value is -2.44. The van der Waals surface area contributed by atoms with Crippen molar-refractivity contribution in [3.8, 4) is 0 Å². The first-order chi connectivity index (χ1) is 10.6. The second-order valence-electron chi connectivity index (χ2n) is 5.32. The van der Waals surface area contributed by atoms with E-state index in [1.807, 2.05) is 11.6 Å². The first-order valence-electron chi connectivity index (χ1n) is 7.45. The number of nitrogens with zero attached hydrogens (tertiary/aromatic N) is 5. The molecule has 1 N–H and O–H groups in total. The van der Waals surface area contributed by atoms with Crippen LogP contribution >= 0.6 is 0 Å². The number of aryl methyl sites for hydroxylation is 2. The number of anilines is 1. The van der Waals surface area contributed by atoms with Gasteiger partial charge in [-0.15, -0.1) is 0 Å². The minimum absolute atomic E-state index is 0.509. The van der Waals surface area contributed by atoms with Gasteiger partial charge in [-0.3, -0.25) is 4.68 Å². The van der Waals surface area contributed by atoms with Gasteiger partial charge in [0, 0.05) is 12.2 Å². The molecule has 0 radical (unpaired) electrons. The maximum absolute atomic E-state index is 5.15. The van der Waals surface area contributed by atoms with E-state index in [0.29, 0.717) is 5.71 Å². The van der Waals surface area contributed by atoms with Crippen molar-refractivity contribution in [3.63, 3.8) is 0 Å². The van der Waals surface area contributed by atoms with Gasteiger partial charge >= 0.3 is 0 Å². The Morgan fingerprint density at radius 1 is 1.18 bits per heavy atom. The van der Waals surface area contributed by atoms with Crippen LogP contribution in [0.2, 0.25) is 0 Å². The van der Waals surface area contributed by atoms with Crippen molar-refractivity contribution in [1.29, 1.82) is 0 Å². The van der Waals surface area contributed by atoms with Crippen LogP contribution in [0.25, 0.3) is 11.1 Å². The number of fused-ring (bicyclic) bond motifs is 1. The molecular formula is C15H20N6O. The second-order valence-corrected chi connectivity index (χ2v) is 5.32. The fourth-order valence-electron chi connectivity index (χ4n) is 2.80. The molecule has 0 atom stereocenters. The molecule has 0 amide bonds. The number of hydrogen-bond donors (Lipinski definition) is 1. The summed E-state index contributed by atoms with van der Waals surface area (Å²) in [5.74, 6) is 0.751. The molecule has 0 fully saturated rings. The molecule has 0 aromatic carbocycles. The van der Waals surface area contributed by atoms with Crippen LogP contribution in [0.3, 0.4) is 0 Å². The summed E-state index contributed by atoms with van der Waals surface area (Å²) in [5, 5.41) is 12.7. The van der Waals surface area contributed by atoms with Crippen molar-refractivity contribution in [2.45, 2.75) is 40.7 Å². The lowest BCUT2D eigenvalue weighted by atomic mass is 10.1. The summed E-state index contributed by atoms with van der Waals surface area (Å²) in [7, 11) is 0. The lowest BCUT2D eigenvalue weighted by Gasteiger charge is -2.08. The van der Waals surface area contributed by atoms with Gasteiger partial charge in [-0.2, -0.15) is 10.1 Å². The van der Waals surface area contributed by atoms with E-state index in [9.17, 15) is 0 Å². The first kappa shape index (κ1) is 14.5. The van der Waals surface area contributed by atoms with E-state index in [4.69, 9.17) is 4.52 Å². The minimum atomic E-state index is 0.509. The molecule has 0 saturated carbocycles. The van der Waals surface area contributed by atoms with Crippen LogP contribution in [0.1, 0.15) is 29.6 Å². The van der Waals surface area contributed by atoms with Crippen molar-refractivity contribution >= 4 is 16.9 Å². The van der Waals surface area contributed by atoms with Gasteiger partial charge in [0.2, 0.25) is 0 Å². The van der Waals surface area contributed by atoms with E-state index in [1.54, 1.807) is 0 Å². The lowest BCUT2D eigenvalue weighted by molar-refractivity contribution is 0.442. The van der Waals surface area contributed by atoms with Crippen LogP contribution in [-0.4, -0.2) is 31.4 Å². The van der Waals surface area contributed by atoms with Gasteiger partial charge in [0.05, 0.1) is 17.9 Å². The maximum Gasteiger partial charge on any atom is 0.263 e. The molecule has 0 unspecified atom stereocenters. The Balaban J connectivity index is 1.74. The average molecular weight is 300 g/mol. The highest BCUT2D eigenvalue weighted by atomic mass is 16.5. The highest BCUT2D eigenvalue weighted by Crippen LogP contribution is 2.22. The third-order valence-corrected chi connectivity index (χ3v) is 3.94. The quantitative estimate of drug-likeness (QED) is 0.779. The monoisotopic (exact) mass is 300 g/mol. The molecule has 3 aromatic rings. The van der Waals surface area contributed by atoms with Crippen LogP contribution in [0.4, 0.5) is 5.82 Å². The topological polar surface area (TPSA) is 81.7 Å². The van der Waals surface area contributed by atoms with Crippen LogP contribution in [0.5, 0.6) is 0 Å². The predicted molar refractivity (Wildman–Crippen MR) is 83.9 cm³/mol. The largest absolute Gasteiger partial charge is 0.367 e. The molecule has 0 saturated heterocycles. The third-order valence-electron chi connectivity index (χ3n) is 3.94. The standard InChI is InChI=1S/C15H20N6O/c1-5-12-9(2)19-21(11(12)4)7-6-16-14-13-10(3)20-22-15(13)18-8-17-14/h8H,5-7H2,1-4H3,(H,16,17,18). The summed E-state index contributed by atoms with van der Waals surface area (Å²) in [6.45, 7) is 9.72. The normalized spacial score (nSPS) is 11.3. The van der Waals surface area contributed by atoms with Crippen molar-refractivity contribution < 1.29 is 4.52 Å². The lowest BCUT2D eigenvalue weighted by Crippen LogP contribution is -2.14. The van der Waals surface area contributed by atoms with Gasteiger partial charge in [-0.1, -0.05) is 12.1 Å². The van der Waals surface area contributed by atoms with Crippen molar-refractivity contribution in [1.82, 2.24) is 24.9 Å². The van der Waals surface area contributed by atoms with E-state index in [1.165, 1.54) is 17.6 Å². The third kappa shape index (κ3) is 2.43. The van der Waals surface area contributed by atoms with Gasteiger partial charge in [-0.25, -0.2) is 4.98 Å². The molecule has 0 bridgehead atoms. The van der Waals surface area contributed by atoms with Crippen LogP contribution < -0.4 is 5.32 Å². The molecule has 7 nitrogen and oxygen atoms in total. The fraction of sp³-hybridized carbons (Fsp3) is 0.467. The predicted octanol–water partition coefficient (Wildman–Crippen LogP) is 2.41. The molecule has 116 valence electrons. The van der Waals surface area contributed by atoms with E-state index < -0.39 is 0 Å². The van der Waals surface area contributed by atoms with Gasteiger partial charge < -0.3 is 9.84 Å². The Morgan fingerprint density at radius 2 is 2.00 bits per heavy atom. The smallest absolute Gasteiger partial charge is 0.263 e. The van der Waals surface area contributed by atoms with Crippen molar-refractivity contribution in [2.75, 3.05) is 11.9 Å². The van der Waals surface area contributed by atoms with Gasteiger partial charge in [-0.05, 0) is 32.8 Å². The number of hydrogen-bond acceptors (Lipinski definition) is 6. The molecule has 7 heteroatoms. The molecule has 0 aliphatic rings. The van der Waals surface area contributed by atoms with Crippen LogP contribution in [-0.2, 0) is 13.0 Å². The maximum atomic E-state index is 5.15. The number of nitrogens with one attached hydrogen (secondary N) is 1. The number of aromatic nitrogens is 5. The second kappa shape index (κ2) is 5.75. The Morgan fingerprint density at radius 3 is 2.73 bits per heavy atom. The van der Waals surface area contributed by atoms with Gasteiger partial charge in [0.15, 0.2) is 0 Å². The molecule has 3 aromatic heterocycles. The van der Waals surface area contributed by atoms with E-state index >= 15 is 0 Å². The summed E-state index contributed by atoms with van der Waals surface area (Å²) in [6.07, 6.45) is 2.49. The average Bonchev–Trinajstić information content (AvgIpc) is 3.01. The molecule has 22 heavy (non-hydrogen) atoms. The summed E-state index contributed by atoms with van der Waals surface area (Å²) >= 11 is 0. The van der Waals surface area contributed by atoms with E-state index in [-0.39, 0.29) is 0 Å². The molecular weight excluding hydrogens is 280 g/mol. The summed E-state index contributed by atoms with van der Waals surface area (Å²) in [4.78, 5) is 8.35. The Kier molecular flexibility index (Phi) is 3.79. The van der Waals surface area contributed by atoms with Gasteiger partial charge in [0.1, 0.15) is 17.5 Å². The van der Waals surface area contributed by atoms with Crippen molar-refractivity contribution in [2.24, 2.45) is 0 Å². The van der Waals surface area contributed by atoms with E-state index in [0.717, 1.165) is 42.1 Å². The SMILES string of the molecule is CCc1c(C)nn(CCNc2ncnc3onc(C)c23)c1C. The van der Waals surface area contributed by atoms with Crippen LogP contribution in [0.15, 0.2) is 10.9 Å². The first-order valence-corrected chi connectivity index (χ1v) is 7.45.